The first-order chi connectivity index (χ1) is 10.2. The number of nitrogens with one attached hydrogen (secondary N) is 1. The van der Waals surface area contributed by atoms with Crippen LogP contribution in [-0.2, 0) is 6.42 Å². The average molecular weight is 286 g/mol. The minimum Gasteiger partial charge on any atom is -0.496 e. The van der Waals surface area contributed by atoms with Crippen molar-refractivity contribution in [3.8, 4) is 5.75 Å². The fourth-order valence-electron chi connectivity index (χ4n) is 2.50. The van der Waals surface area contributed by atoms with Gasteiger partial charge in [0.1, 0.15) is 12.1 Å². The van der Waals surface area contributed by atoms with Crippen molar-refractivity contribution in [3.63, 3.8) is 0 Å². The molecule has 0 saturated heterocycles. The molecule has 2 heterocycles. The number of methoxy groups -OCH3 is 1. The molecule has 1 unspecified atom stereocenters. The van der Waals surface area contributed by atoms with E-state index in [-0.39, 0.29) is 6.04 Å². The summed E-state index contributed by atoms with van der Waals surface area (Å²) >= 11 is 0. The molecule has 2 rings (SSSR count). The highest BCUT2D eigenvalue weighted by atomic mass is 16.5. The molecule has 0 aliphatic heterocycles. The van der Waals surface area contributed by atoms with Crippen LogP contribution in [0.4, 0.5) is 0 Å². The van der Waals surface area contributed by atoms with Crippen LogP contribution in [0.1, 0.15) is 35.5 Å². The Hall–Kier alpha value is -2.01. The number of rotatable bonds is 6. The lowest BCUT2D eigenvalue weighted by Gasteiger charge is -2.19. The highest BCUT2D eigenvalue weighted by Gasteiger charge is 2.17. The Bertz CT molecular complexity index is 586. The zero-order chi connectivity index (χ0) is 15.2. The van der Waals surface area contributed by atoms with E-state index in [1.807, 2.05) is 19.2 Å². The van der Waals surface area contributed by atoms with Crippen LogP contribution in [0.15, 0.2) is 24.8 Å². The van der Waals surface area contributed by atoms with Gasteiger partial charge >= 0.3 is 0 Å². The molecule has 1 atom stereocenters. The van der Waals surface area contributed by atoms with Crippen LogP contribution < -0.4 is 10.1 Å². The second-order valence-corrected chi connectivity index (χ2v) is 4.99. The number of aryl methyl sites for hydroxylation is 1. The fourth-order valence-corrected chi connectivity index (χ4v) is 2.50. The van der Waals surface area contributed by atoms with Gasteiger partial charge in [0, 0.05) is 35.6 Å². The molecule has 0 amide bonds. The van der Waals surface area contributed by atoms with Gasteiger partial charge < -0.3 is 10.1 Å². The standard InChI is InChI=1S/C16H22N4O/c1-5-18-15(13-6-7-17-10-20-13)8-14-12(3)16(21-4)11(2)9-19-14/h6-7,9-10,15,18H,5,8H2,1-4H3. The summed E-state index contributed by atoms with van der Waals surface area (Å²) in [5.74, 6) is 0.915. The topological polar surface area (TPSA) is 59.9 Å². The number of ether oxygens (including phenoxy) is 1. The molecule has 0 aromatic carbocycles. The van der Waals surface area contributed by atoms with Crippen LogP contribution in [0.5, 0.6) is 5.75 Å². The van der Waals surface area contributed by atoms with Crippen molar-refractivity contribution < 1.29 is 4.74 Å². The van der Waals surface area contributed by atoms with Crippen molar-refractivity contribution in [1.82, 2.24) is 20.3 Å². The third-order valence-corrected chi connectivity index (χ3v) is 3.56. The van der Waals surface area contributed by atoms with Crippen molar-refractivity contribution in [2.24, 2.45) is 0 Å². The quantitative estimate of drug-likeness (QED) is 0.883. The molecule has 2 aromatic heterocycles. The van der Waals surface area contributed by atoms with Gasteiger partial charge in [-0.05, 0) is 26.5 Å². The molecule has 21 heavy (non-hydrogen) atoms. The summed E-state index contributed by atoms with van der Waals surface area (Å²) in [5.41, 5.74) is 4.16. The number of hydrogen-bond acceptors (Lipinski definition) is 5. The predicted molar refractivity (Wildman–Crippen MR) is 82.4 cm³/mol. The number of aromatic nitrogens is 3. The first-order valence-corrected chi connectivity index (χ1v) is 7.15. The Morgan fingerprint density at radius 2 is 2.10 bits per heavy atom. The number of likely N-dealkylation sites (N-methyl/N-ethyl adjacent to an activating group) is 1. The zero-order valence-electron chi connectivity index (χ0n) is 13.1. The van der Waals surface area contributed by atoms with Gasteiger partial charge in [-0.2, -0.15) is 0 Å². The lowest BCUT2D eigenvalue weighted by atomic mass is 10.0. The highest BCUT2D eigenvalue weighted by Crippen LogP contribution is 2.26. The van der Waals surface area contributed by atoms with Crippen LogP contribution >= 0.6 is 0 Å². The first kappa shape index (κ1) is 15.4. The molecule has 0 radical (unpaired) electrons. The van der Waals surface area contributed by atoms with E-state index in [9.17, 15) is 0 Å². The molecule has 2 aromatic rings. The summed E-state index contributed by atoms with van der Waals surface area (Å²) in [7, 11) is 1.70. The maximum Gasteiger partial charge on any atom is 0.128 e. The van der Waals surface area contributed by atoms with Gasteiger partial charge in [-0.25, -0.2) is 9.97 Å². The summed E-state index contributed by atoms with van der Waals surface area (Å²) in [5, 5.41) is 3.46. The van der Waals surface area contributed by atoms with Crippen LogP contribution in [0.3, 0.4) is 0 Å². The van der Waals surface area contributed by atoms with Gasteiger partial charge in [0.25, 0.3) is 0 Å². The maximum atomic E-state index is 5.48. The van der Waals surface area contributed by atoms with E-state index in [1.54, 1.807) is 19.6 Å². The summed E-state index contributed by atoms with van der Waals surface area (Å²) < 4.78 is 5.48. The summed E-state index contributed by atoms with van der Waals surface area (Å²) in [6.07, 6.45) is 5.98. The van der Waals surface area contributed by atoms with Gasteiger partial charge in [-0.3, -0.25) is 4.98 Å². The molecule has 5 nitrogen and oxygen atoms in total. The Labute approximate surface area is 125 Å². The summed E-state index contributed by atoms with van der Waals surface area (Å²) in [6.45, 7) is 7.02. The number of pyridine rings is 1. The Balaban J connectivity index is 2.29. The molecule has 0 aliphatic rings. The highest BCUT2D eigenvalue weighted by molar-refractivity contribution is 5.41. The Morgan fingerprint density at radius 3 is 2.71 bits per heavy atom. The SMILES string of the molecule is CCNC(Cc1ncc(C)c(OC)c1C)c1ccncn1. The third kappa shape index (κ3) is 3.55. The Morgan fingerprint density at radius 1 is 1.29 bits per heavy atom. The van der Waals surface area contributed by atoms with Gasteiger partial charge in [-0.15, -0.1) is 0 Å². The van der Waals surface area contributed by atoms with E-state index in [0.717, 1.165) is 41.2 Å². The Kier molecular flexibility index (Phi) is 5.22. The third-order valence-electron chi connectivity index (χ3n) is 3.56. The fraction of sp³-hybridized carbons (Fsp3) is 0.438. The average Bonchev–Trinajstić information content (AvgIpc) is 2.51. The van der Waals surface area contributed by atoms with Gasteiger partial charge in [0.05, 0.1) is 18.8 Å². The second kappa shape index (κ2) is 7.13. The normalized spacial score (nSPS) is 12.2. The van der Waals surface area contributed by atoms with Crippen molar-refractivity contribution in [1.29, 1.82) is 0 Å². The first-order valence-electron chi connectivity index (χ1n) is 7.15. The van der Waals surface area contributed by atoms with Crippen LogP contribution in [0.2, 0.25) is 0 Å². The van der Waals surface area contributed by atoms with Gasteiger partial charge in [-0.1, -0.05) is 6.92 Å². The van der Waals surface area contributed by atoms with E-state index < -0.39 is 0 Å². The molecule has 112 valence electrons. The lowest BCUT2D eigenvalue weighted by molar-refractivity contribution is 0.406. The molecule has 0 spiro atoms. The van der Waals surface area contributed by atoms with Crippen molar-refractivity contribution in [2.75, 3.05) is 13.7 Å². The largest absolute Gasteiger partial charge is 0.496 e. The van der Waals surface area contributed by atoms with Crippen LogP contribution in [0, 0.1) is 13.8 Å². The number of nitrogens with zero attached hydrogens (tertiary/aromatic N) is 3. The second-order valence-electron chi connectivity index (χ2n) is 4.99. The molecular formula is C16H22N4O. The molecule has 0 saturated carbocycles. The summed E-state index contributed by atoms with van der Waals surface area (Å²) in [4.78, 5) is 12.9. The van der Waals surface area contributed by atoms with E-state index in [0.29, 0.717) is 0 Å². The zero-order valence-corrected chi connectivity index (χ0v) is 13.1. The van der Waals surface area contributed by atoms with Crippen molar-refractivity contribution >= 4 is 0 Å². The van der Waals surface area contributed by atoms with E-state index in [1.165, 1.54) is 0 Å². The van der Waals surface area contributed by atoms with Crippen LogP contribution in [0.25, 0.3) is 0 Å². The molecular weight excluding hydrogens is 264 g/mol. The monoisotopic (exact) mass is 286 g/mol. The minimum absolute atomic E-state index is 0.122. The minimum atomic E-state index is 0.122. The van der Waals surface area contributed by atoms with Crippen molar-refractivity contribution in [3.05, 3.63) is 47.3 Å². The van der Waals surface area contributed by atoms with Crippen LogP contribution in [-0.4, -0.2) is 28.6 Å². The molecule has 0 aliphatic carbocycles. The molecule has 0 bridgehead atoms. The number of hydrogen-bond donors (Lipinski definition) is 1. The van der Waals surface area contributed by atoms with E-state index in [4.69, 9.17) is 4.74 Å². The summed E-state index contributed by atoms with van der Waals surface area (Å²) in [6, 6.07) is 2.06. The van der Waals surface area contributed by atoms with E-state index in [2.05, 4.69) is 34.1 Å². The van der Waals surface area contributed by atoms with Crippen molar-refractivity contribution in [2.45, 2.75) is 33.2 Å². The smallest absolute Gasteiger partial charge is 0.128 e. The predicted octanol–water partition coefficient (Wildman–Crippen LogP) is 2.39. The van der Waals surface area contributed by atoms with Gasteiger partial charge in [0.15, 0.2) is 0 Å². The molecule has 0 fully saturated rings. The maximum absolute atomic E-state index is 5.48. The molecule has 1 N–H and O–H groups in total. The van der Waals surface area contributed by atoms with Gasteiger partial charge in [0.2, 0.25) is 0 Å². The lowest BCUT2D eigenvalue weighted by Crippen LogP contribution is -2.24. The molecule has 5 heteroatoms. The van der Waals surface area contributed by atoms with E-state index >= 15 is 0 Å².